The monoisotopic (exact) mass is 470 g/mol. The first-order valence-electron chi connectivity index (χ1n) is 8.21. The van der Waals surface area contributed by atoms with Crippen LogP contribution in [-0.2, 0) is 19.6 Å². The molecule has 1 aliphatic carbocycles. The van der Waals surface area contributed by atoms with E-state index in [0.717, 1.165) is 12.1 Å². The van der Waals surface area contributed by atoms with Crippen LogP contribution in [0.15, 0.2) is 59.5 Å². The Hall–Kier alpha value is -1.64. The first-order chi connectivity index (χ1) is 13.3. The lowest BCUT2D eigenvalue weighted by atomic mass is 9.77. The van der Waals surface area contributed by atoms with Gasteiger partial charge in [-0.15, -0.1) is 23.2 Å². The van der Waals surface area contributed by atoms with Gasteiger partial charge in [0.2, 0.25) is 0 Å². The van der Waals surface area contributed by atoms with Crippen molar-refractivity contribution in [3.8, 4) is 0 Å². The molecule has 0 aliphatic heterocycles. The van der Waals surface area contributed by atoms with Gasteiger partial charge in [-0.05, 0) is 24.6 Å². The van der Waals surface area contributed by atoms with Gasteiger partial charge < -0.3 is 0 Å². The largest absolute Gasteiger partial charge is 0.501 e. The van der Waals surface area contributed by atoms with Crippen molar-refractivity contribution in [2.75, 3.05) is 0 Å². The average molecular weight is 471 g/mol. The lowest BCUT2D eigenvalue weighted by molar-refractivity contribution is -0.0428. The molecule has 1 aliphatic rings. The highest BCUT2D eigenvalue weighted by molar-refractivity contribution is 7.96. The highest BCUT2D eigenvalue weighted by Crippen LogP contribution is 2.55. The second kappa shape index (κ2) is 7.25. The van der Waals surface area contributed by atoms with E-state index in [-0.39, 0.29) is 11.1 Å². The van der Waals surface area contributed by atoms with Crippen LogP contribution < -0.4 is 0 Å². The fourth-order valence-corrected chi connectivity index (χ4v) is 5.73. The molecule has 29 heavy (non-hydrogen) atoms. The van der Waals surface area contributed by atoms with Crippen molar-refractivity contribution in [1.29, 1.82) is 0 Å². The normalized spacial score (nSPS) is 25.6. The Morgan fingerprint density at radius 3 is 1.83 bits per heavy atom. The minimum atomic E-state index is -5.84. The van der Waals surface area contributed by atoms with Crippen molar-refractivity contribution >= 4 is 33.0 Å². The molecule has 0 amide bonds. The van der Waals surface area contributed by atoms with Crippen LogP contribution in [0.4, 0.5) is 22.0 Å². The Balaban J connectivity index is 2.28. The number of sulfone groups is 1. The summed E-state index contributed by atoms with van der Waals surface area (Å²) in [6, 6.07) is 9.97. The van der Waals surface area contributed by atoms with Gasteiger partial charge in [-0.2, -0.15) is 13.2 Å². The van der Waals surface area contributed by atoms with E-state index in [1.54, 1.807) is 0 Å². The molecule has 0 aromatic heterocycles. The first kappa shape index (κ1) is 22.1. The fourth-order valence-electron chi connectivity index (χ4n) is 3.41. The van der Waals surface area contributed by atoms with Gasteiger partial charge in [-0.25, -0.2) is 17.2 Å². The second-order valence-electron chi connectivity index (χ2n) is 6.70. The Morgan fingerprint density at radius 1 is 0.862 bits per heavy atom. The third-order valence-corrected chi connectivity index (χ3v) is 7.19. The van der Waals surface area contributed by atoms with E-state index in [1.807, 2.05) is 0 Å². The summed E-state index contributed by atoms with van der Waals surface area (Å²) in [5.41, 5.74) is -6.13. The lowest BCUT2D eigenvalue weighted by Crippen LogP contribution is -2.39. The maximum atomic E-state index is 14.4. The number of hydrogen-bond donors (Lipinski definition) is 0. The van der Waals surface area contributed by atoms with Crippen LogP contribution in [-0.4, -0.2) is 13.9 Å². The van der Waals surface area contributed by atoms with Crippen LogP contribution in [0, 0.1) is 11.6 Å². The molecule has 0 saturated carbocycles. The van der Waals surface area contributed by atoms with Gasteiger partial charge in [0.15, 0.2) is 0 Å². The molecule has 2 unspecified atom stereocenters. The van der Waals surface area contributed by atoms with Crippen molar-refractivity contribution in [2.24, 2.45) is 0 Å². The van der Waals surface area contributed by atoms with E-state index in [4.69, 9.17) is 23.2 Å². The topological polar surface area (TPSA) is 34.1 Å². The first-order valence-corrected chi connectivity index (χ1v) is 10.4. The maximum Gasteiger partial charge on any atom is 0.501 e. The number of hydrogen-bond acceptors (Lipinski definition) is 2. The van der Waals surface area contributed by atoms with E-state index >= 15 is 0 Å². The van der Waals surface area contributed by atoms with E-state index < -0.39 is 54.5 Å². The summed E-state index contributed by atoms with van der Waals surface area (Å²) in [5, 5.41) is 0. The van der Waals surface area contributed by atoms with Gasteiger partial charge in [0, 0.05) is 17.5 Å². The molecule has 2 aromatic carbocycles. The minimum Gasteiger partial charge on any atom is -0.215 e. The summed E-state index contributed by atoms with van der Waals surface area (Å²) >= 11 is 13.0. The quantitative estimate of drug-likeness (QED) is 0.398. The molecule has 0 N–H and O–H groups in total. The average Bonchev–Trinajstić information content (AvgIpc) is 2.60. The molecule has 0 heterocycles. The Labute approximate surface area is 173 Å². The summed E-state index contributed by atoms with van der Waals surface area (Å²) in [4.78, 5) is -5.16. The van der Waals surface area contributed by atoms with Crippen molar-refractivity contribution < 1.29 is 30.4 Å². The van der Waals surface area contributed by atoms with Crippen molar-refractivity contribution in [3.63, 3.8) is 0 Å². The number of rotatable bonds is 3. The summed E-state index contributed by atoms with van der Waals surface area (Å²) in [5.74, 6) is -1.71. The molecule has 2 atom stereocenters. The van der Waals surface area contributed by atoms with Crippen LogP contribution in [0.2, 0.25) is 0 Å². The highest BCUT2D eigenvalue weighted by Gasteiger charge is 2.55. The van der Waals surface area contributed by atoms with Crippen molar-refractivity contribution in [1.82, 2.24) is 0 Å². The molecule has 0 bridgehead atoms. The predicted octanol–water partition coefficient (Wildman–Crippen LogP) is 6.15. The molecule has 3 rings (SSSR count). The lowest BCUT2D eigenvalue weighted by Gasteiger charge is -2.40. The Morgan fingerprint density at radius 2 is 1.34 bits per heavy atom. The second-order valence-corrected chi connectivity index (χ2v) is 10.1. The smallest absolute Gasteiger partial charge is 0.215 e. The molecule has 10 heteroatoms. The number of benzene rings is 2. The number of allylic oxidation sites excluding steroid dienone is 2. The van der Waals surface area contributed by atoms with Crippen LogP contribution >= 0.6 is 23.2 Å². The van der Waals surface area contributed by atoms with Crippen LogP contribution in [0.25, 0.3) is 0 Å². The van der Waals surface area contributed by atoms with E-state index in [1.165, 1.54) is 36.4 Å². The number of alkyl halides is 5. The fraction of sp³-hybridized carbons (Fsp3) is 0.263. The van der Waals surface area contributed by atoms with E-state index in [2.05, 4.69) is 0 Å². The SMILES string of the molecule is O=S(=O)(C1=CC(Cl)(c2ccccc2F)CC(Cl)(c2ccccc2F)C1)C(F)(F)F. The van der Waals surface area contributed by atoms with Crippen molar-refractivity contribution in [3.05, 3.63) is 82.3 Å². The summed E-state index contributed by atoms with van der Waals surface area (Å²) < 4.78 is 92.7. The van der Waals surface area contributed by atoms with Crippen molar-refractivity contribution in [2.45, 2.75) is 28.1 Å². The standard InChI is InChI=1S/C19H13Cl2F5O2S/c20-17(13-5-1-3-7-15(13)22)9-12(29(27,28)19(24,25)26)10-18(21,11-17)14-6-2-4-8-16(14)23/h1-9H,10-11H2. The Bertz CT molecular complexity index is 1080. The van der Waals surface area contributed by atoms with Crippen LogP contribution in [0.3, 0.4) is 0 Å². The zero-order valence-corrected chi connectivity index (χ0v) is 16.8. The zero-order chi connectivity index (χ0) is 21.7. The molecule has 2 nitrogen and oxygen atoms in total. The van der Waals surface area contributed by atoms with E-state index in [0.29, 0.717) is 6.08 Å². The summed E-state index contributed by atoms with van der Waals surface area (Å²) in [6.45, 7) is 0. The third-order valence-electron chi connectivity index (χ3n) is 4.71. The molecule has 0 saturated heterocycles. The molecule has 0 radical (unpaired) electrons. The third kappa shape index (κ3) is 3.90. The molecule has 0 fully saturated rings. The van der Waals surface area contributed by atoms with Gasteiger partial charge in [0.1, 0.15) is 11.6 Å². The highest BCUT2D eigenvalue weighted by atomic mass is 35.5. The number of halogens is 7. The van der Waals surface area contributed by atoms with Gasteiger partial charge in [0.25, 0.3) is 9.84 Å². The molecular weight excluding hydrogens is 458 g/mol. The van der Waals surface area contributed by atoms with Gasteiger partial charge in [-0.3, -0.25) is 0 Å². The van der Waals surface area contributed by atoms with Crippen LogP contribution in [0.5, 0.6) is 0 Å². The molecule has 2 aromatic rings. The van der Waals surface area contributed by atoms with E-state index in [9.17, 15) is 30.4 Å². The predicted molar refractivity (Wildman–Crippen MR) is 100 cm³/mol. The molecule has 156 valence electrons. The summed E-state index contributed by atoms with van der Waals surface area (Å²) in [7, 11) is -5.84. The van der Waals surface area contributed by atoms with Gasteiger partial charge in [-0.1, -0.05) is 36.4 Å². The van der Waals surface area contributed by atoms with Gasteiger partial charge in [0.05, 0.1) is 14.7 Å². The molecule has 0 spiro atoms. The zero-order valence-electron chi connectivity index (χ0n) is 14.5. The van der Waals surface area contributed by atoms with Crippen LogP contribution in [0.1, 0.15) is 24.0 Å². The Kier molecular flexibility index (Phi) is 5.51. The van der Waals surface area contributed by atoms with Gasteiger partial charge >= 0.3 is 5.51 Å². The molecular formula is C19H13Cl2F5O2S. The maximum absolute atomic E-state index is 14.4. The summed E-state index contributed by atoms with van der Waals surface area (Å²) in [6.07, 6.45) is -0.653. The minimum absolute atomic E-state index is 0.231.